The van der Waals surface area contributed by atoms with Gasteiger partial charge in [-0.3, -0.25) is 10.1 Å². The fourth-order valence-corrected chi connectivity index (χ4v) is 4.57. The number of nitrogens with zero attached hydrogens (tertiary/aromatic N) is 6. The molecule has 0 saturated carbocycles. The molecule has 0 aliphatic carbocycles. The molecule has 212 valence electrons. The predicted octanol–water partition coefficient (Wildman–Crippen LogP) is 7.12. The molecule has 6 aromatic rings. The van der Waals surface area contributed by atoms with Crippen LogP contribution in [0.3, 0.4) is 0 Å². The fraction of sp³-hybridized carbons (Fsp3) is 0.125. The number of rotatable bonds is 6. The summed E-state index contributed by atoms with van der Waals surface area (Å²) in [5.74, 6) is 0.964. The van der Waals surface area contributed by atoms with Crippen LogP contribution in [0.4, 0.5) is 13.2 Å². The van der Waals surface area contributed by atoms with E-state index in [1.54, 1.807) is 12.1 Å². The van der Waals surface area contributed by atoms with Gasteiger partial charge in [0.05, 0.1) is 11.5 Å². The van der Waals surface area contributed by atoms with Crippen molar-refractivity contribution < 1.29 is 34.2 Å². The molecule has 0 atom stereocenters. The van der Waals surface area contributed by atoms with Crippen LogP contribution in [0.1, 0.15) is 30.9 Å². The summed E-state index contributed by atoms with van der Waals surface area (Å²) in [4.78, 5) is 14.3. The Labute approximate surface area is 255 Å². The van der Waals surface area contributed by atoms with Gasteiger partial charge in [0.2, 0.25) is 0 Å². The van der Waals surface area contributed by atoms with E-state index in [0.717, 1.165) is 33.5 Å². The molecule has 0 N–H and O–H groups in total. The zero-order valence-electron chi connectivity index (χ0n) is 22.4. The average Bonchev–Trinajstić information content (AvgIpc) is 3.67. The van der Waals surface area contributed by atoms with E-state index in [2.05, 4.69) is 27.5 Å². The zero-order valence-corrected chi connectivity index (χ0v) is 24.7. The third-order valence-electron chi connectivity index (χ3n) is 6.80. The van der Waals surface area contributed by atoms with Crippen LogP contribution in [-0.2, 0) is 32.7 Å². The van der Waals surface area contributed by atoms with E-state index < -0.39 is 17.3 Å². The summed E-state index contributed by atoms with van der Waals surface area (Å²) < 4.78 is 42.3. The minimum absolute atomic E-state index is 0. The minimum atomic E-state index is -4.56. The van der Waals surface area contributed by atoms with Gasteiger partial charge in [-0.15, -0.1) is 6.07 Å². The van der Waals surface area contributed by atoms with Gasteiger partial charge in [-0.05, 0) is 55.1 Å². The van der Waals surface area contributed by atoms with Gasteiger partial charge in [0.1, 0.15) is 0 Å². The Balaban J connectivity index is 0.00000353. The largest absolute Gasteiger partial charge is 2.00 e. The van der Waals surface area contributed by atoms with Crippen LogP contribution in [0.25, 0.3) is 34.3 Å². The van der Waals surface area contributed by atoms with Crippen molar-refractivity contribution in [2.45, 2.75) is 25.4 Å². The normalized spacial score (nSPS) is 11.7. The van der Waals surface area contributed by atoms with Crippen LogP contribution >= 0.6 is 0 Å². The monoisotopic (exact) mass is 743 g/mol. The zero-order chi connectivity index (χ0) is 28.6. The topological polar surface area (TPSA) is 61.4 Å². The van der Waals surface area contributed by atoms with Gasteiger partial charge in [-0.2, -0.15) is 13.2 Å². The van der Waals surface area contributed by atoms with Gasteiger partial charge in [0.15, 0.2) is 0 Å². The molecule has 2 aromatic carbocycles. The van der Waals surface area contributed by atoms with E-state index >= 15 is 0 Å². The summed E-state index contributed by atoms with van der Waals surface area (Å²) in [6.45, 7) is 3.93. The second-order valence-corrected chi connectivity index (χ2v) is 9.92. The summed E-state index contributed by atoms with van der Waals surface area (Å²) >= 11 is 0. The molecule has 0 amide bonds. The molecular weight excluding hydrogens is 720 g/mol. The molecule has 0 fully saturated rings. The van der Waals surface area contributed by atoms with Gasteiger partial charge in [0, 0.05) is 28.3 Å². The Bertz CT molecular complexity index is 1810. The van der Waals surface area contributed by atoms with E-state index in [9.17, 15) is 13.2 Å². The second kappa shape index (κ2) is 11.5. The van der Waals surface area contributed by atoms with Crippen LogP contribution in [-0.4, -0.2) is 29.3 Å². The first-order valence-electron chi connectivity index (χ1n) is 12.8. The third kappa shape index (κ3) is 5.57. The van der Waals surface area contributed by atoms with E-state index in [1.165, 1.54) is 0 Å². The quantitative estimate of drug-likeness (QED) is 0.171. The Morgan fingerprint density at radius 1 is 0.714 bits per heavy atom. The van der Waals surface area contributed by atoms with E-state index in [0.29, 0.717) is 17.1 Å². The maximum absolute atomic E-state index is 13.1. The van der Waals surface area contributed by atoms with Crippen molar-refractivity contribution >= 4 is 0 Å². The van der Waals surface area contributed by atoms with E-state index in [-0.39, 0.29) is 26.9 Å². The number of aromatic nitrogens is 6. The molecule has 6 rings (SSSR count). The van der Waals surface area contributed by atoms with Crippen LogP contribution in [0.5, 0.6) is 0 Å². The maximum Gasteiger partial charge on any atom is 2.00 e. The number of pyridine rings is 2. The molecule has 4 heterocycles. The molecule has 0 bridgehead atoms. The van der Waals surface area contributed by atoms with Gasteiger partial charge >= 0.3 is 27.2 Å². The average molecular weight is 744 g/mol. The fourth-order valence-electron chi connectivity index (χ4n) is 4.57. The molecule has 0 aliphatic rings. The number of hydrogen-bond acceptors (Lipinski definition) is 4. The Morgan fingerprint density at radius 2 is 1.36 bits per heavy atom. The van der Waals surface area contributed by atoms with Gasteiger partial charge in [0.25, 0.3) is 0 Å². The molecule has 0 aliphatic heterocycles. The summed E-state index contributed by atoms with van der Waals surface area (Å²) in [5.41, 5.74) is 2.83. The Morgan fingerprint density at radius 3 is 2.02 bits per heavy atom. The van der Waals surface area contributed by atoms with E-state index in [4.69, 9.17) is 4.98 Å². The minimum Gasteiger partial charge on any atom is -0.367 e. The molecule has 4 aromatic heterocycles. The van der Waals surface area contributed by atoms with Crippen LogP contribution < -0.4 is 0 Å². The molecule has 0 saturated heterocycles. The molecule has 0 spiro atoms. The SMILES string of the molecule is CC(C)(c1cccc(-c2[c-]nc(-c3ccccc3)n2-c2ccccc2)n1)c1cccc(-n2[c-]cc(C(F)(F)F)n2)n1.[Pt+2]. The molecule has 0 radical (unpaired) electrons. The molecular formula is C32H23F3N6Pt. The van der Waals surface area contributed by atoms with Crippen molar-refractivity contribution in [2.75, 3.05) is 0 Å². The number of para-hydroxylation sites is 1. The first kappa shape index (κ1) is 29.1. The first-order valence-corrected chi connectivity index (χ1v) is 12.8. The number of imidazole rings is 1. The van der Waals surface area contributed by atoms with Crippen molar-refractivity contribution in [1.82, 2.24) is 29.3 Å². The van der Waals surface area contributed by atoms with Crippen molar-refractivity contribution in [3.05, 3.63) is 133 Å². The summed E-state index contributed by atoms with van der Waals surface area (Å²) in [5, 5.41) is 3.61. The summed E-state index contributed by atoms with van der Waals surface area (Å²) in [6.07, 6.45) is 1.12. The predicted molar refractivity (Wildman–Crippen MR) is 148 cm³/mol. The van der Waals surface area contributed by atoms with Crippen LogP contribution in [0.15, 0.2) is 103 Å². The van der Waals surface area contributed by atoms with E-state index in [1.807, 2.05) is 103 Å². The van der Waals surface area contributed by atoms with Gasteiger partial charge < -0.3 is 19.2 Å². The van der Waals surface area contributed by atoms with Crippen molar-refractivity contribution in [2.24, 2.45) is 0 Å². The maximum atomic E-state index is 13.1. The van der Waals surface area contributed by atoms with Crippen molar-refractivity contribution in [3.63, 3.8) is 0 Å². The van der Waals surface area contributed by atoms with Crippen molar-refractivity contribution in [3.8, 4) is 34.3 Å². The molecule has 10 heteroatoms. The van der Waals surface area contributed by atoms with Gasteiger partial charge in [-0.25, -0.2) is 0 Å². The Hall–Kier alpha value is -4.36. The Kier molecular flexibility index (Phi) is 7.97. The number of benzene rings is 2. The number of halogens is 3. The molecule has 6 nitrogen and oxygen atoms in total. The first-order chi connectivity index (χ1) is 19.7. The number of hydrogen-bond donors (Lipinski definition) is 0. The molecule has 42 heavy (non-hydrogen) atoms. The third-order valence-corrected chi connectivity index (χ3v) is 6.80. The second-order valence-electron chi connectivity index (χ2n) is 9.92. The smallest absolute Gasteiger partial charge is 0.367 e. The molecule has 0 unspecified atom stereocenters. The van der Waals surface area contributed by atoms with Gasteiger partial charge in [-0.1, -0.05) is 85.2 Å². The summed E-state index contributed by atoms with van der Waals surface area (Å²) in [6, 6.07) is 31.5. The standard InChI is InChI=1S/C32H23F3N6.Pt/c1-31(2,27-17-10-18-29(38-27)40-20-19-28(39-40)32(33,34)35)26-16-9-15-24(37-26)25-21-36-30(22-11-5-3-6-12-22)41(25)23-13-7-4-8-14-23;/h3-19H,1-2H3;/q-2;+2. The van der Waals surface area contributed by atoms with Crippen LogP contribution in [0.2, 0.25) is 0 Å². The van der Waals surface area contributed by atoms with Crippen molar-refractivity contribution in [1.29, 1.82) is 0 Å². The van der Waals surface area contributed by atoms with Crippen LogP contribution in [0, 0.1) is 12.4 Å². The summed E-state index contributed by atoms with van der Waals surface area (Å²) in [7, 11) is 0. The number of alkyl halides is 3.